The molecule has 2 nitrogen and oxygen atoms in total. The minimum atomic E-state index is 1.22. The molecule has 1 rings (SSSR count). The van der Waals surface area contributed by atoms with Gasteiger partial charge in [-0.3, -0.25) is 9.80 Å². The molecule has 12 heavy (non-hydrogen) atoms. The maximum Gasteiger partial charge on any atom is 0.0529 e. The molecule has 1 heterocycles. The van der Waals surface area contributed by atoms with E-state index in [-0.39, 0.29) is 0 Å². The van der Waals surface area contributed by atoms with Crippen LogP contribution in [0.4, 0.5) is 0 Å². The van der Waals surface area contributed by atoms with Gasteiger partial charge in [0.25, 0.3) is 0 Å². The molecule has 2 heteroatoms. The van der Waals surface area contributed by atoms with E-state index in [0.717, 1.165) is 0 Å². The minimum Gasteiger partial charge on any atom is -0.277 e. The zero-order valence-electron chi connectivity index (χ0n) is 8.55. The first-order chi connectivity index (χ1) is 5.86. The van der Waals surface area contributed by atoms with Crippen LogP contribution >= 0.6 is 0 Å². The molecule has 0 radical (unpaired) electrons. The SMILES string of the molecule is CCCCN1CN(CCCC)C1. The maximum atomic E-state index is 2.53. The monoisotopic (exact) mass is 170 g/mol. The molecule has 0 aromatic rings. The van der Waals surface area contributed by atoms with Gasteiger partial charge in [-0.15, -0.1) is 0 Å². The van der Waals surface area contributed by atoms with Crippen LogP contribution in [0.15, 0.2) is 0 Å². The standard InChI is InChI=1S/C10H22N2/c1-3-5-7-11-9-12(10-11)8-6-4-2/h3-10H2,1-2H3. The lowest BCUT2D eigenvalue weighted by molar-refractivity contribution is -0.0306. The van der Waals surface area contributed by atoms with Crippen molar-refractivity contribution in [2.24, 2.45) is 0 Å². The molecule has 72 valence electrons. The van der Waals surface area contributed by atoms with E-state index in [4.69, 9.17) is 0 Å². The number of hydrogen-bond donors (Lipinski definition) is 0. The van der Waals surface area contributed by atoms with Crippen LogP contribution in [0.3, 0.4) is 0 Å². The van der Waals surface area contributed by atoms with Crippen molar-refractivity contribution < 1.29 is 0 Å². The predicted molar refractivity (Wildman–Crippen MR) is 53.0 cm³/mol. The highest BCUT2D eigenvalue weighted by atomic mass is 15.5. The zero-order valence-corrected chi connectivity index (χ0v) is 8.55. The molecular formula is C10H22N2. The number of nitrogens with zero attached hydrogens (tertiary/aromatic N) is 2. The Morgan fingerprint density at radius 1 is 0.833 bits per heavy atom. The van der Waals surface area contributed by atoms with E-state index in [2.05, 4.69) is 23.6 Å². The van der Waals surface area contributed by atoms with Gasteiger partial charge in [0.05, 0.1) is 13.3 Å². The summed E-state index contributed by atoms with van der Waals surface area (Å²) in [6.07, 6.45) is 5.38. The van der Waals surface area contributed by atoms with Crippen molar-refractivity contribution in [1.82, 2.24) is 9.80 Å². The third-order valence-electron chi connectivity index (χ3n) is 2.46. The van der Waals surface area contributed by atoms with Gasteiger partial charge in [-0.1, -0.05) is 26.7 Å². The van der Waals surface area contributed by atoms with Crippen LogP contribution in [0.5, 0.6) is 0 Å². The van der Waals surface area contributed by atoms with E-state index >= 15 is 0 Å². The van der Waals surface area contributed by atoms with Crippen LogP contribution in [-0.2, 0) is 0 Å². The molecule has 0 spiro atoms. The first kappa shape index (κ1) is 10.0. The van der Waals surface area contributed by atoms with Crippen molar-refractivity contribution in [3.05, 3.63) is 0 Å². The molecule has 1 aliphatic heterocycles. The zero-order chi connectivity index (χ0) is 8.81. The molecule has 0 amide bonds. The highest BCUT2D eigenvalue weighted by molar-refractivity contribution is 4.69. The van der Waals surface area contributed by atoms with Gasteiger partial charge in [-0.05, 0) is 12.8 Å². The molecular weight excluding hydrogens is 148 g/mol. The van der Waals surface area contributed by atoms with E-state index in [1.807, 2.05) is 0 Å². The van der Waals surface area contributed by atoms with Crippen LogP contribution in [0.2, 0.25) is 0 Å². The number of rotatable bonds is 6. The van der Waals surface area contributed by atoms with Crippen molar-refractivity contribution >= 4 is 0 Å². The van der Waals surface area contributed by atoms with E-state index in [0.29, 0.717) is 0 Å². The normalized spacial score (nSPS) is 19.5. The molecule has 0 aromatic carbocycles. The largest absolute Gasteiger partial charge is 0.277 e. The molecule has 0 atom stereocenters. The van der Waals surface area contributed by atoms with Crippen LogP contribution in [0, 0.1) is 0 Å². The molecule has 1 aliphatic rings. The van der Waals surface area contributed by atoms with E-state index in [1.165, 1.54) is 52.1 Å². The Labute approximate surface area is 76.5 Å². The highest BCUT2D eigenvalue weighted by Gasteiger charge is 2.21. The quantitative estimate of drug-likeness (QED) is 0.602. The fourth-order valence-electron chi connectivity index (χ4n) is 1.57. The van der Waals surface area contributed by atoms with Crippen LogP contribution in [0.25, 0.3) is 0 Å². The van der Waals surface area contributed by atoms with Gasteiger partial charge >= 0.3 is 0 Å². The van der Waals surface area contributed by atoms with Gasteiger partial charge < -0.3 is 0 Å². The lowest BCUT2D eigenvalue weighted by Gasteiger charge is -2.42. The van der Waals surface area contributed by atoms with Crippen molar-refractivity contribution in [2.45, 2.75) is 39.5 Å². The number of hydrogen-bond acceptors (Lipinski definition) is 2. The topological polar surface area (TPSA) is 6.48 Å². The van der Waals surface area contributed by atoms with Gasteiger partial charge in [0, 0.05) is 13.1 Å². The van der Waals surface area contributed by atoms with Gasteiger partial charge in [0.15, 0.2) is 0 Å². The summed E-state index contributed by atoms with van der Waals surface area (Å²) in [6.45, 7) is 9.57. The van der Waals surface area contributed by atoms with Gasteiger partial charge in [-0.2, -0.15) is 0 Å². The second kappa shape index (κ2) is 5.55. The fraction of sp³-hybridized carbons (Fsp3) is 1.00. The highest BCUT2D eigenvalue weighted by Crippen LogP contribution is 2.10. The summed E-state index contributed by atoms with van der Waals surface area (Å²) < 4.78 is 0. The third-order valence-corrected chi connectivity index (χ3v) is 2.46. The van der Waals surface area contributed by atoms with Gasteiger partial charge in [0.2, 0.25) is 0 Å². The van der Waals surface area contributed by atoms with Crippen LogP contribution in [-0.4, -0.2) is 36.2 Å². The van der Waals surface area contributed by atoms with E-state index in [9.17, 15) is 0 Å². The summed E-state index contributed by atoms with van der Waals surface area (Å²) in [5.74, 6) is 0. The average Bonchev–Trinajstić information content (AvgIpc) is 2.01. The first-order valence-corrected chi connectivity index (χ1v) is 5.31. The summed E-state index contributed by atoms with van der Waals surface area (Å²) in [6, 6.07) is 0. The summed E-state index contributed by atoms with van der Waals surface area (Å²) in [7, 11) is 0. The second-order valence-electron chi connectivity index (χ2n) is 3.78. The lowest BCUT2D eigenvalue weighted by Crippen LogP contribution is -2.55. The first-order valence-electron chi connectivity index (χ1n) is 5.31. The summed E-state index contributed by atoms with van der Waals surface area (Å²) in [4.78, 5) is 5.05. The number of unbranched alkanes of at least 4 members (excludes halogenated alkanes) is 2. The molecule has 0 aromatic heterocycles. The molecule has 0 unspecified atom stereocenters. The van der Waals surface area contributed by atoms with Gasteiger partial charge in [0.1, 0.15) is 0 Å². The van der Waals surface area contributed by atoms with Crippen molar-refractivity contribution in [3.8, 4) is 0 Å². The molecule has 0 saturated carbocycles. The fourth-order valence-corrected chi connectivity index (χ4v) is 1.57. The summed E-state index contributed by atoms with van der Waals surface area (Å²) in [5.41, 5.74) is 0. The Morgan fingerprint density at radius 2 is 1.25 bits per heavy atom. The predicted octanol–water partition coefficient (Wildman–Crippen LogP) is 2.12. The third kappa shape index (κ3) is 3.11. The molecule has 0 N–H and O–H groups in total. The van der Waals surface area contributed by atoms with Crippen molar-refractivity contribution in [1.29, 1.82) is 0 Å². The van der Waals surface area contributed by atoms with Crippen LogP contribution < -0.4 is 0 Å². The molecule has 0 bridgehead atoms. The average molecular weight is 170 g/mol. The van der Waals surface area contributed by atoms with Crippen molar-refractivity contribution in [2.75, 3.05) is 26.4 Å². The summed E-state index contributed by atoms with van der Waals surface area (Å²) >= 11 is 0. The Morgan fingerprint density at radius 3 is 1.58 bits per heavy atom. The molecule has 1 fully saturated rings. The van der Waals surface area contributed by atoms with E-state index < -0.39 is 0 Å². The van der Waals surface area contributed by atoms with Crippen LogP contribution in [0.1, 0.15) is 39.5 Å². The molecule has 0 aliphatic carbocycles. The lowest BCUT2D eigenvalue weighted by atomic mass is 10.3. The van der Waals surface area contributed by atoms with Crippen molar-refractivity contribution in [3.63, 3.8) is 0 Å². The Hall–Kier alpha value is -0.0800. The Bertz CT molecular complexity index is 96.4. The van der Waals surface area contributed by atoms with E-state index in [1.54, 1.807) is 0 Å². The maximum absolute atomic E-state index is 2.53. The van der Waals surface area contributed by atoms with Gasteiger partial charge in [-0.25, -0.2) is 0 Å². The Kier molecular flexibility index (Phi) is 4.62. The summed E-state index contributed by atoms with van der Waals surface area (Å²) in [5, 5.41) is 0. The molecule has 1 saturated heterocycles. The second-order valence-corrected chi connectivity index (χ2v) is 3.78. The minimum absolute atomic E-state index is 1.22. The Balaban J connectivity index is 1.89. The smallest absolute Gasteiger partial charge is 0.0529 e.